The number of nitrogens with zero attached hydrogens (tertiary/aromatic N) is 1. The van der Waals surface area contributed by atoms with Crippen molar-refractivity contribution in [3.8, 4) is 0 Å². The molecule has 1 aromatic rings. The summed E-state index contributed by atoms with van der Waals surface area (Å²) in [7, 11) is 0. The maximum Gasteiger partial charge on any atom is 0.253 e. The van der Waals surface area contributed by atoms with Crippen molar-refractivity contribution in [3.63, 3.8) is 0 Å². The molecule has 1 heterocycles. The van der Waals surface area contributed by atoms with Gasteiger partial charge in [0.25, 0.3) is 5.91 Å². The number of anilines is 1. The van der Waals surface area contributed by atoms with E-state index in [0.717, 1.165) is 30.6 Å². The summed E-state index contributed by atoms with van der Waals surface area (Å²) in [6, 6.07) is 5.57. The van der Waals surface area contributed by atoms with Gasteiger partial charge in [-0.2, -0.15) is 0 Å². The summed E-state index contributed by atoms with van der Waals surface area (Å²) in [5, 5.41) is 0. The van der Waals surface area contributed by atoms with Crippen LogP contribution in [0.4, 0.5) is 5.69 Å². The second-order valence-electron chi connectivity index (χ2n) is 5.13. The lowest BCUT2D eigenvalue weighted by atomic mass is 9.99. The number of nitrogen functional groups attached to an aromatic ring is 1. The molecular weight excluding hydrogens is 212 g/mol. The molecule has 0 aliphatic carbocycles. The number of carbonyl (C=O) groups excluding carboxylic acids is 1. The molecule has 1 saturated heterocycles. The Hall–Kier alpha value is -1.51. The molecule has 0 radical (unpaired) electrons. The molecule has 1 atom stereocenters. The monoisotopic (exact) mass is 232 g/mol. The topological polar surface area (TPSA) is 46.3 Å². The van der Waals surface area contributed by atoms with Gasteiger partial charge >= 0.3 is 0 Å². The molecular formula is C14H20N2O. The molecule has 2 rings (SSSR count). The summed E-state index contributed by atoms with van der Waals surface area (Å²) < 4.78 is 0. The van der Waals surface area contributed by atoms with Gasteiger partial charge in [-0.15, -0.1) is 0 Å². The predicted octanol–water partition coefficient (Wildman–Crippen LogP) is 2.45. The molecule has 1 amide bonds. The van der Waals surface area contributed by atoms with Gasteiger partial charge in [-0.25, -0.2) is 0 Å². The molecule has 0 spiro atoms. The van der Waals surface area contributed by atoms with Gasteiger partial charge in [0.15, 0.2) is 0 Å². The number of rotatable bonds is 1. The zero-order valence-electron chi connectivity index (χ0n) is 10.6. The average Bonchev–Trinajstić information content (AvgIpc) is 2.26. The molecule has 3 heteroatoms. The quantitative estimate of drug-likeness (QED) is 0.756. The minimum Gasteiger partial charge on any atom is -0.399 e. The maximum atomic E-state index is 12.3. The molecule has 2 N–H and O–H groups in total. The van der Waals surface area contributed by atoms with E-state index in [1.807, 2.05) is 24.0 Å². The summed E-state index contributed by atoms with van der Waals surface area (Å²) in [6.45, 7) is 5.90. The van der Waals surface area contributed by atoms with Crippen LogP contribution in [0.2, 0.25) is 0 Å². The minimum absolute atomic E-state index is 0.118. The number of likely N-dealkylation sites (tertiary alicyclic amines) is 1. The summed E-state index contributed by atoms with van der Waals surface area (Å²) in [5.74, 6) is 0.724. The molecule has 0 aromatic heterocycles. The molecule has 1 aliphatic rings. The molecule has 1 aromatic carbocycles. The first-order valence-corrected chi connectivity index (χ1v) is 6.22. The van der Waals surface area contributed by atoms with Crippen LogP contribution in [-0.4, -0.2) is 23.9 Å². The lowest BCUT2D eigenvalue weighted by Gasteiger charge is -2.31. The number of benzene rings is 1. The molecule has 17 heavy (non-hydrogen) atoms. The van der Waals surface area contributed by atoms with Crippen LogP contribution in [0.15, 0.2) is 18.2 Å². The van der Waals surface area contributed by atoms with E-state index in [1.54, 1.807) is 6.07 Å². The average molecular weight is 232 g/mol. The first-order chi connectivity index (χ1) is 8.06. The van der Waals surface area contributed by atoms with Gasteiger partial charge in [0.05, 0.1) is 0 Å². The number of hydrogen-bond acceptors (Lipinski definition) is 2. The number of amides is 1. The molecule has 1 unspecified atom stereocenters. The summed E-state index contributed by atoms with van der Waals surface area (Å²) in [5.41, 5.74) is 8.21. The van der Waals surface area contributed by atoms with Gasteiger partial charge in [-0.05, 0) is 49.4 Å². The number of aryl methyl sites for hydroxylation is 1. The van der Waals surface area contributed by atoms with Crippen LogP contribution >= 0.6 is 0 Å². The normalized spacial score (nSPS) is 20.4. The van der Waals surface area contributed by atoms with E-state index < -0.39 is 0 Å². The van der Waals surface area contributed by atoms with E-state index in [1.165, 1.54) is 6.42 Å². The Labute approximate surface area is 103 Å². The van der Waals surface area contributed by atoms with Crippen LogP contribution < -0.4 is 5.73 Å². The summed E-state index contributed by atoms with van der Waals surface area (Å²) >= 11 is 0. The zero-order valence-corrected chi connectivity index (χ0v) is 10.6. The van der Waals surface area contributed by atoms with Gasteiger partial charge in [0.1, 0.15) is 0 Å². The fourth-order valence-corrected chi connectivity index (χ4v) is 2.49. The van der Waals surface area contributed by atoms with E-state index in [9.17, 15) is 4.79 Å². The predicted molar refractivity (Wildman–Crippen MR) is 69.9 cm³/mol. The van der Waals surface area contributed by atoms with Crippen molar-refractivity contribution in [2.45, 2.75) is 26.7 Å². The van der Waals surface area contributed by atoms with E-state index in [-0.39, 0.29) is 5.91 Å². The van der Waals surface area contributed by atoms with Crippen molar-refractivity contribution in [2.24, 2.45) is 5.92 Å². The highest BCUT2D eigenvalue weighted by Crippen LogP contribution is 2.19. The van der Waals surface area contributed by atoms with Gasteiger partial charge in [-0.3, -0.25) is 4.79 Å². The van der Waals surface area contributed by atoms with Crippen molar-refractivity contribution >= 4 is 11.6 Å². The van der Waals surface area contributed by atoms with E-state index in [4.69, 9.17) is 5.73 Å². The van der Waals surface area contributed by atoms with E-state index in [2.05, 4.69) is 6.92 Å². The van der Waals surface area contributed by atoms with Crippen LogP contribution in [0.1, 0.15) is 35.7 Å². The van der Waals surface area contributed by atoms with Crippen LogP contribution in [0.3, 0.4) is 0 Å². The minimum atomic E-state index is 0.118. The Bertz CT molecular complexity index is 408. The highest BCUT2D eigenvalue weighted by Gasteiger charge is 2.22. The third-order valence-corrected chi connectivity index (χ3v) is 3.29. The second-order valence-corrected chi connectivity index (χ2v) is 5.13. The lowest BCUT2D eigenvalue weighted by Crippen LogP contribution is -2.39. The van der Waals surface area contributed by atoms with Crippen molar-refractivity contribution in [1.29, 1.82) is 0 Å². The second kappa shape index (κ2) is 4.78. The SMILES string of the molecule is Cc1cc(N)cc(C(=O)N2CCCC(C)C2)c1. The van der Waals surface area contributed by atoms with Gasteiger partial charge in [0, 0.05) is 24.3 Å². The van der Waals surface area contributed by atoms with Crippen LogP contribution in [0, 0.1) is 12.8 Å². The smallest absolute Gasteiger partial charge is 0.253 e. The molecule has 0 bridgehead atoms. The van der Waals surface area contributed by atoms with Gasteiger partial charge in [-0.1, -0.05) is 6.92 Å². The maximum absolute atomic E-state index is 12.3. The number of nitrogens with two attached hydrogens (primary N) is 1. The molecule has 3 nitrogen and oxygen atoms in total. The van der Waals surface area contributed by atoms with Crippen molar-refractivity contribution in [1.82, 2.24) is 4.90 Å². The Kier molecular flexibility index (Phi) is 3.36. The van der Waals surface area contributed by atoms with Gasteiger partial charge < -0.3 is 10.6 Å². The van der Waals surface area contributed by atoms with Crippen molar-refractivity contribution in [3.05, 3.63) is 29.3 Å². The molecule has 92 valence electrons. The number of hydrogen-bond donors (Lipinski definition) is 1. The first kappa shape index (κ1) is 12.0. The Balaban J connectivity index is 2.18. The Morgan fingerprint density at radius 1 is 1.41 bits per heavy atom. The fourth-order valence-electron chi connectivity index (χ4n) is 2.49. The van der Waals surface area contributed by atoms with Crippen molar-refractivity contribution in [2.75, 3.05) is 18.8 Å². The fraction of sp³-hybridized carbons (Fsp3) is 0.500. The Morgan fingerprint density at radius 3 is 2.82 bits per heavy atom. The van der Waals surface area contributed by atoms with Crippen molar-refractivity contribution < 1.29 is 4.79 Å². The van der Waals surface area contributed by atoms with Crippen LogP contribution in [-0.2, 0) is 0 Å². The lowest BCUT2D eigenvalue weighted by molar-refractivity contribution is 0.0683. The van der Waals surface area contributed by atoms with Crippen LogP contribution in [0.5, 0.6) is 0 Å². The number of piperidine rings is 1. The summed E-state index contributed by atoms with van der Waals surface area (Å²) in [4.78, 5) is 14.3. The third kappa shape index (κ3) is 2.78. The largest absolute Gasteiger partial charge is 0.399 e. The third-order valence-electron chi connectivity index (χ3n) is 3.29. The Morgan fingerprint density at radius 2 is 2.18 bits per heavy atom. The molecule has 1 aliphatic heterocycles. The summed E-state index contributed by atoms with van der Waals surface area (Å²) in [6.07, 6.45) is 2.33. The van der Waals surface area contributed by atoms with Crippen LogP contribution in [0.25, 0.3) is 0 Å². The first-order valence-electron chi connectivity index (χ1n) is 6.22. The molecule has 1 fully saturated rings. The number of carbonyl (C=O) groups is 1. The van der Waals surface area contributed by atoms with Gasteiger partial charge in [0.2, 0.25) is 0 Å². The zero-order chi connectivity index (χ0) is 12.4. The highest BCUT2D eigenvalue weighted by molar-refractivity contribution is 5.95. The van der Waals surface area contributed by atoms with E-state index >= 15 is 0 Å². The van der Waals surface area contributed by atoms with E-state index in [0.29, 0.717) is 11.6 Å². The standard InChI is InChI=1S/C14H20N2O/c1-10-4-3-5-16(9-10)14(17)12-6-11(2)7-13(15)8-12/h6-8,10H,3-5,9,15H2,1-2H3. The molecule has 0 saturated carbocycles. The highest BCUT2D eigenvalue weighted by atomic mass is 16.2.